The first kappa shape index (κ1) is 21.2. The lowest BCUT2D eigenvalue weighted by Gasteiger charge is -2.33. The van der Waals surface area contributed by atoms with Gasteiger partial charge in [0, 0.05) is 56.6 Å². The Labute approximate surface area is 192 Å². The third-order valence-corrected chi connectivity index (χ3v) is 6.35. The van der Waals surface area contributed by atoms with Gasteiger partial charge in [0.25, 0.3) is 0 Å². The lowest BCUT2D eigenvalue weighted by atomic mass is 10.1. The van der Waals surface area contributed by atoms with Gasteiger partial charge in [-0.3, -0.25) is 9.78 Å². The topological polar surface area (TPSA) is 80.0 Å². The number of aromatic nitrogens is 5. The largest absolute Gasteiger partial charge is 0.354 e. The molecule has 0 saturated carbocycles. The van der Waals surface area contributed by atoms with Crippen molar-refractivity contribution in [1.29, 1.82) is 0 Å². The molecule has 1 aliphatic heterocycles. The number of anilines is 1. The summed E-state index contributed by atoms with van der Waals surface area (Å²) in [5.41, 5.74) is 3.98. The lowest BCUT2D eigenvalue weighted by Crippen LogP contribution is -2.44. The van der Waals surface area contributed by atoms with Crippen LogP contribution in [0.25, 0.3) is 22.3 Å². The molecular formula is C25H27N7O. The Kier molecular flexibility index (Phi) is 5.60. The summed E-state index contributed by atoms with van der Waals surface area (Å²) >= 11 is 0. The van der Waals surface area contributed by atoms with Crippen LogP contribution in [0.5, 0.6) is 0 Å². The molecule has 0 aliphatic carbocycles. The number of ketones is 1. The Balaban J connectivity index is 1.37. The minimum Gasteiger partial charge on any atom is -0.354 e. The maximum Gasteiger partial charge on any atom is 0.169 e. The van der Waals surface area contributed by atoms with Gasteiger partial charge >= 0.3 is 0 Å². The number of aryl methyl sites for hydroxylation is 1. The normalized spacial score (nSPS) is 14.7. The van der Waals surface area contributed by atoms with Crippen molar-refractivity contribution in [2.75, 3.05) is 38.1 Å². The van der Waals surface area contributed by atoms with Crippen LogP contribution in [0.3, 0.4) is 0 Å². The highest BCUT2D eigenvalue weighted by molar-refractivity contribution is 5.98. The Hall–Kier alpha value is -3.65. The van der Waals surface area contributed by atoms with Gasteiger partial charge < -0.3 is 14.4 Å². The molecule has 0 amide bonds. The van der Waals surface area contributed by atoms with Crippen molar-refractivity contribution in [2.45, 2.75) is 13.3 Å². The van der Waals surface area contributed by atoms with Crippen LogP contribution >= 0.6 is 0 Å². The predicted molar refractivity (Wildman–Crippen MR) is 128 cm³/mol. The quantitative estimate of drug-likeness (QED) is 0.441. The number of hydrogen-bond acceptors (Lipinski definition) is 7. The summed E-state index contributed by atoms with van der Waals surface area (Å²) in [6.45, 7) is 5.78. The summed E-state index contributed by atoms with van der Waals surface area (Å²) in [6, 6.07) is 9.56. The Bertz CT molecular complexity index is 1320. The van der Waals surface area contributed by atoms with E-state index in [4.69, 9.17) is 4.98 Å². The highest BCUT2D eigenvalue weighted by Gasteiger charge is 2.17. The molecular weight excluding hydrogens is 414 g/mol. The smallest absolute Gasteiger partial charge is 0.169 e. The van der Waals surface area contributed by atoms with Crippen LogP contribution in [0.2, 0.25) is 0 Å². The van der Waals surface area contributed by atoms with Crippen molar-refractivity contribution in [3.8, 4) is 11.4 Å². The van der Waals surface area contributed by atoms with E-state index in [0.717, 1.165) is 60.1 Å². The van der Waals surface area contributed by atoms with Gasteiger partial charge in [0.1, 0.15) is 11.6 Å². The number of nitrogens with zero attached hydrogens (tertiary/aromatic N) is 7. The first-order valence-corrected chi connectivity index (χ1v) is 11.1. The molecule has 0 atom stereocenters. The van der Waals surface area contributed by atoms with E-state index in [-0.39, 0.29) is 12.2 Å². The van der Waals surface area contributed by atoms with Crippen LogP contribution in [-0.4, -0.2) is 68.4 Å². The molecule has 0 radical (unpaired) electrons. The molecule has 0 bridgehead atoms. The summed E-state index contributed by atoms with van der Waals surface area (Å²) in [5.74, 6) is 1.82. The zero-order valence-electron chi connectivity index (χ0n) is 19.2. The van der Waals surface area contributed by atoms with E-state index < -0.39 is 0 Å². The summed E-state index contributed by atoms with van der Waals surface area (Å²) in [6.07, 6.45) is 5.55. The molecule has 4 aromatic rings. The van der Waals surface area contributed by atoms with E-state index in [2.05, 4.69) is 31.8 Å². The van der Waals surface area contributed by atoms with Crippen molar-refractivity contribution in [3.05, 3.63) is 66.0 Å². The van der Waals surface area contributed by atoms with Gasteiger partial charge in [-0.15, -0.1) is 0 Å². The molecule has 4 aromatic heterocycles. The average Bonchev–Trinajstić information content (AvgIpc) is 3.17. The SMILES string of the molecule is Cc1ncc(-c2ccc3cnc(CC(=O)c4ccnc(N5CCN(C)CC5)c4)cc3n2)n1C. The molecule has 0 unspecified atom stereocenters. The van der Waals surface area contributed by atoms with Crippen LogP contribution in [0.15, 0.2) is 48.9 Å². The van der Waals surface area contributed by atoms with E-state index in [1.165, 1.54) is 0 Å². The van der Waals surface area contributed by atoms with Crippen LogP contribution in [0, 0.1) is 6.92 Å². The summed E-state index contributed by atoms with van der Waals surface area (Å²) in [4.78, 5) is 35.7. The first-order chi connectivity index (χ1) is 16.0. The predicted octanol–water partition coefficient (Wildman–Crippen LogP) is 2.91. The molecule has 8 nitrogen and oxygen atoms in total. The number of likely N-dealkylation sites (N-methyl/N-ethyl adjacent to an activating group) is 1. The third-order valence-electron chi connectivity index (χ3n) is 6.35. The van der Waals surface area contributed by atoms with Gasteiger partial charge in [-0.1, -0.05) is 0 Å². The van der Waals surface area contributed by atoms with Crippen molar-refractivity contribution < 1.29 is 4.79 Å². The van der Waals surface area contributed by atoms with E-state index in [1.54, 1.807) is 18.5 Å². The number of rotatable bonds is 5. The van der Waals surface area contributed by atoms with Gasteiger partial charge in [0.05, 0.1) is 35.2 Å². The van der Waals surface area contributed by atoms with Crippen molar-refractivity contribution in [2.24, 2.45) is 7.05 Å². The Morgan fingerprint density at radius 1 is 0.970 bits per heavy atom. The fourth-order valence-electron chi connectivity index (χ4n) is 4.10. The minimum atomic E-state index is 0.0260. The number of imidazole rings is 1. The van der Waals surface area contributed by atoms with Crippen LogP contribution in [0.1, 0.15) is 21.9 Å². The molecule has 1 fully saturated rings. The maximum atomic E-state index is 13.0. The molecule has 0 spiro atoms. The fourth-order valence-corrected chi connectivity index (χ4v) is 4.10. The number of carbonyl (C=O) groups excluding carboxylic acids is 1. The monoisotopic (exact) mass is 441 g/mol. The highest BCUT2D eigenvalue weighted by Crippen LogP contribution is 2.22. The highest BCUT2D eigenvalue weighted by atomic mass is 16.1. The van der Waals surface area contributed by atoms with Gasteiger partial charge in [0.15, 0.2) is 5.78 Å². The Morgan fingerprint density at radius 3 is 2.55 bits per heavy atom. The van der Waals surface area contributed by atoms with E-state index in [0.29, 0.717) is 11.3 Å². The molecule has 1 aliphatic rings. The number of Topliss-reactive ketones (excluding diaryl/α,β-unsaturated/α-hetero) is 1. The van der Waals surface area contributed by atoms with Crippen LogP contribution < -0.4 is 4.90 Å². The number of carbonyl (C=O) groups is 1. The van der Waals surface area contributed by atoms with Crippen molar-refractivity contribution in [1.82, 2.24) is 29.4 Å². The second kappa shape index (κ2) is 8.71. The standard InChI is InChI=1S/C25H27N7O/c1-17-27-16-23(31(17)3)21-5-4-19-15-28-20(13-22(19)29-21)14-24(33)18-6-7-26-25(12-18)32-10-8-30(2)9-11-32/h4-7,12-13,15-16H,8-11,14H2,1-3H3. The number of hydrogen-bond donors (Lipinski definition) is 0. The summed E-state index contributed by atoms with van der Waals surface area (Å²) in [7, 11) is 4.10. The number of pyridine rings is 3. The van der Waals surface area contributed by atoms with E-state index >= 15 is 0 Å². The molecule has 0 N–H and O–H groups in total. The molecule has 33 heavy (non-hydrogen) atoms. The van der Waals surface area contributed by atoms with Crippen molar-refractivity contribution >= 4 is 22.5 Å². The van der Waals surface area contributed by atoms with Gasteiger partial charge in [0.2, 0.25) is 0 Å². The number of piperazine rings is 1. The zero-order chi connectivity index (χ0) is 22.9. The molecule has 0 aromatic carbocycles. The summed E-state index contributed by atoms with van der Waals surface area (Å²) < 4.78 is 2.02. The van der Waals surface area contributed by atoms with Crippen LogP contribution in [-0.2, 0) is 13.5 Å². The molecule has 5 heterocycles. The average molecular weight is 442 g/mol. The lowest BCUT2D eigenvalue weighted by molar-refractivity contribution is 0.0992. The van der Waals surface area contributed by atoms with Gasteiger partial charge in [-0.05, 0) is 44.3 Å². The molecule has 8 heteroatoms. The Morgan fingerprint density at radius 2 is 1.79 bits per heavy atom. The van der Waals surface area contributed by atoms with Crippen LogP contribution in [0.4, 0.5) is 5.82 Å². The molecule has 168 valence electrons. The second-order valence-electron chi connectivity index (χ2n) is 8.61. The molecule has 1 saturated heterocycles. The number of fused-ring (bicyclic) bond motifs is 1. The second-order valence-corrected chi connectivity index (χ2v) is 8.61. The third kappa shape index (κ3) is 4.34. The maximum absolute atomic E-state index is 13.0. The molecule has 5 rings (SSSR count). The van der Waals surface area contributed by atoms with E-state index in [1.807, 2.05) is 49.0 Å². The zero-order valence-corrected chi connectivity index (χ0v) is 19.2. The van der Waals surface area contributed by atoms with Gasteiger partial charge in [-0.25, -0.2) is 15.0 Å². The minimum absolute atomic E-state index is 0.0260. The fraction of sp³-hybridized carbons (Fsp3) is 0.320. The summed E-state index contributed by atoms with van der Waals surface area (Å²) in [5, 5.41) is 0.940. The van der Waals surface area contributed by atoms with E-state index in [9.17, 15) is 4.79 Å². The first-order valence-electron chi connectivity index (χ1n) is 11.1. The van der Waals surface area contributed by atoms with Crippen molar-refractivity contribution in [3.63, 3.8) is 0 Å². The van der Waals surface area contributed by atoms with Gasteiger partial charge in [-0.2, -0.15) is 0 Å².